The lowest BCUT2D eigenvalue weighted by Gasteiger charge is -2.24. The van der Waals surface area contributed by atoms with Crippen LogP contribution in [0, 0.1) is 17.7 Å². The second-order valence-electron chi connectivity index (χ2n) is 7.01. The van der Waals surface area contributed by atoms with E-state index in [0.717, 1.165) is 25.1 Å². The molecule has 0 aromatic heterocycles. The van der Waals surface area contributed by atoms with E-state index in [2.05, 4.69) is 0 Å². The summed E-state index contributed by atoms with van der Waals surface area (Å²) in [6, 6.07) is 4.89. The maximum atomic E-state index is 13.1. The highest BCUT2D eigenvalue weighted by Gasteiger charge is 2.48. The number of nitrogens with zero attached hydrogens (tertiary/aromatic N) is 2. The van der Waals surface area contributed by atoms with Crippen molar-refractivity contribution in [2.24, 2.45) is 11.8 Å². The summed E-state index contributed by atoms with van der Waals surface area (Å²) in [6.45, 7) is 2.70. The highest BCUT2D eigenvalue weighted by molar-refractivity contribution is 7.89. The average Bonchev–Trinajstić information content (AvgIpc) is 3.26. The second kappa shape index (κ2) is 6.34. The van der Waals surface area contributed by atoms with Crippen LogP contribution in [-0.2, 0) is 19.6 Å². The van der Waals surface area contributed by atoms with Crippen LogP contribution in [-0.4, -0.2) is 62.4 Å². The Morgan fingerprint density at radius 2 is 1.96 bits per heavy atom. The molecule has 3 saturated heterocycles. The van der Waals surface area contributed by atoms with Crippen molar-refractivity contribution in [3.05, 3.63) is 30.1 Å². The Labute approximate surface area is 146 Å². The fourth-order valence-electron chi connectivity index (χ4n) is 4.08. The highest BCUT2D eigenvalue weighted by Crippen LogP contribution is 2.37. The van der Waals surface area contributed by atoms with Crippen LogP contribution in [0.15, 0.2) is 29.2 Å². The predicted octanol–water partition coefficient (Wildman–Crippen LogP) is 1.08. The molecule has 3 heterocycles. The van der Waals surface area contributed by atoms with Crippen molar-refractivity contribution in [1.82, 2.24) is 9.21 Å². The number of rotatable bonds is 4. The van der Waals surface area contributed by atoms with E-state index in [0.29, 0.717) is 32.7 Å². The van der Waals surface area contributed by atoms with Crippen LogP contribution in [0.3, 0.4) is 0 Å². The summed E-state index contributed by atoms with van der Waals surface area (Å²) in [7, 11) is -3.65. The zero-order valence-electron chi connectivity index (χ0n) is 13.8. The van der Waals surface area contributed by atoms with Crippen molar-refractivity contribution in [1.29, 1.82) is 0 Å². The normalized spacial score (nSPS) is 30.2. The molecule has 0 radical (unpaired) electrons. The van der Waals surface area contributed by atoms with Gasteiger partial charge in [-0.05, 0) is 30.7 Å². The van der Waals surface area contributed by atoms with Crippen LogP contribution in [0.25, 0.3) is 0 Å². The van der Waals surface area contributed by atoms with E-state index in [1.165, 1.54) is 16.4 Å². The summed E-state index contributed by atoms with van der Waals surface area (Å²) in [5.41, 5.74) is 0. The lowest BCUT2D eigenvalue weighted by molar-refractivity contribution is -0.128. The smallest absolute Gasteiger partial charge is 0.243 e. The minimum Gasteiger partial charge on any atom is -0.376 e. The van der Waals surface area contributed by atoms with Gasteiger partial charge in [-0.3, -0.25) is 4.79 Å². The van der Waals surface area contributed by atoms with Gasteiger partial charge in [-0.25, -0.2) is 12.8 Å². The average molecular weight is 368 g/mol. The molecule has 3 atom stereocenters. The number of carbonyl (C=O) groups excluding carboxylic acids is 1. The molecule has 136 valence electrons. The SMILES string of the molecule is O=C1CCCN1C[C@@H]1CO[C@H]2CN(S(=O)(=O)c3ccc(F)cc3)C[C@@H]12. The summed E-state index contributed by atoms with van der Waals surface area (Å²) < 4.78 is 45.8. The largest absolute Gasteiger partial charge is 0.376 e. The standard InChI is InChI=1S/C17H21FN2O4S/c18-13-3-5-14(6-4-13)25(22,23)20-9-15-12(11-24-16(15)10-20)8-19-7-1-2-17(19)21/h3-6,12,15-16H,1-2,7-11H2/t12-,15+,16+/m1/s1. The molecule has 0 aliphatic carbocycles. The van der Waals surface area contributed by atoms with E-state index < -0.39 is 15.8 Å². The molecule has 25 heavy (non-hydrogen) atoms. The Kier molecular flexibility index (Phi) is 4.29. The number of carbonyl (C=O) groups is 1. The minimum absolute atomic E-state index is 0.0974. The summed E-state index contributed by atoms with van der Waals surface area (Å²) in [5, 5.41) is 0. The van der Waals surface area contributed by atoms with Crippen molar-refractivity contribution in [3.8, 4) is 0 Å². The number of fused-ring (bicyclic) bond motifs is 1. The molecule has 1 aromatic rings. The van der Waals surface area contributed by atoms with E-state index >= 15 is 0 Å². The maximum Gasteiger partial charge on any atom is 0.243 e. The number of likely N-dealkylation sites (tertiary alicyclic amines) is 1. The molecule has 0 spiro atoms. The molecule has 0 N–H and O–H groups in total. The topological polar surface area (TPSA) is 66.9 Å². The van der Waals surface area contributed by atoms with Gasteiger partial charge in [0.05, 0.1) is 17.6 Å². The molecule has 6 nitrogen and oxygen atoms in total. The Hall–Kier alpha value is -1.51. The van der Waals surface area contributed by atoms with E-state index in [1.54, 1.807) is 0 Å². The zero-order chi connectivity index (χ0) is 17.6. The predicted molar refractivity (Wildman–Crippen MR) is 87.7 cm³/mol. The molecule has 0 bridgehead atoms. The lowest BCUT2D eigenvalue weighted by Crippen LogP contribution is -2.36. The first-order valence-electron chi connectivity index (χ1n) is 8.60. The van der Waals surface area contributed by atoms with Crippen LogP contribution in [0.5, 0.6) is 0 Å². The molecule has 3 aliphatic heterocycles. The summed E-state index contributed by atoms with van der Waals surface area (Å²) in [5.74, 6) is -0.0164. The highest BCUT2D eigenvalue weighted by atomic mass is 32.2. The minimum atomic E-state index is -3.65. The fraction of sp³-hybridized carbons (Fsp3) is 0.588. The molecule has 3 aliphatic rings. The van der Waals surface area contributed by atoms with Gasteiger partial charge in [0.1, 0.15) is 5.82 Å². The first-order valence-corrected chi connectivity index (χ1v) is 10.0. The van der Waals surface area contributed by atoms with Gasteiger partial charge in [-0.1, -0.05) is 0 Å². The molecular weight excluding hydrogens is 347 g/mol. The van der Waals surface area contributed by atoms with Gasteiger partial charge in [0.2, 0.25) is 15.9 Å². The Morgan fingerprint density at radius 1 is 1.20 bits per heavy atom. The Bertz CT molecular complexity index is 767. The first-order chi connectivity index (χ1) is 11.9. The number of hydrogen-bond donors (Lipinski definition) is 0. The number of amides is 1. The van der Waals surface area contributed by atoms with Crippen LogP contribution in [0.4, 0.5) is 4.39 Å². The summed E-state index contributed by atoms with van der Waals surface area (Å²) in [6.07, 6.45) is 1.37. The van der Waals surface area contributed by atoms with Crippen molar-refractivity contribution < 1.29 is 22.3 Å². The quantitative estimate of drug-likeness (QED) is 0.798. The maximum absolute atomic E-state index is 13.1. The van der Waals surface area contributed by atoms with Crippen molar-refractivity contribution in [3.63, 3.8) is 0 Å². The molecular formula is C17H21FN2O4S. The number of benzene rings is 1. The molecule has 0 saturated carbocycles. The van der Waals surface area contributed by atoms with Gasteiger partial charge in [0.15, 0.2) is 0 Å². The number of halogens is 1. The van der Waals surface area contributed by atoms with Crippen LogP contribution in [0.2, 0.25) is 0 Å². The van der Waals surface area contributed by atoms with E-state index in [1.807, 2.05) is 4.90 Å². The third kappa shape index (κ3) is 3.07. The van der Waals surface area contributed by atoms with Crippen molar-refractivity contribution >= 4 is 15.9 Å². The number of sulfonamides is 1. The molecule has 3 fully saturated rings. The Balaban J connectivity index is 1.47. The van der Waals surface area contributed by atoms with Crippen molar-refractivity contribution in [2.75, 3.05) is 32.8 Å². The van der Waals surface area contributed by atoms with Gasteiger partial charge in [0, 0.05) is 44.4 Å². The molecule has 0 unspecified atom stereocenters. The summed E-state index contributed by atoms with van der Waals surface area (Å²) in [4.78, 5) is 13.8. The monoisotopic (exact) mass is 368 g/mol. The van der Waals surface area contributed by atoms with Crippen LogP contribution in [0.1, 0.15) is 12.8 Å². The first kappa shape index (κ1) is 16.9. The third-order valence-corrected chi connectivity index (χ3v) is 7.33. The van der Waals surface area contributed by atoms with Gasteiger partial charge in [-0.15, -0.1) is 0 Å². The molecule has 8 heteroatoms. The van der Waals surface area contributed by atoms with Crippen LogP contribution >= 0.6 is 0 Å². The summed E-state index contributed by atoms with van der Waals surface area (Å²) >= 11 is 0. The van der Waals surface area contributed by atoms with Gasteiger partial charge >= 0.3 is 0 Å². The number of hydrogen-bond acceptors (Lipinski definition) is 4. The van der Waals surface area contributed by atoms with Gasteiger partial charge in [-0.2, -0.15) is 4.31 Å². The van der Waals surface area contributed by atoms with Gasteiger partial charge < -0.3 is 9.64 Å². The van der Waals surface area contributed by atoms with Crippen molar-refractivity contribution in [2.45, 2.75) is 23.8 Å². The van der Waals surface area contributed by atoms with Crippen LogP contribution < -0.4 is 0 Å². The molecule has 1 aromatic carbocycles. The Morgan fingerprint density at radius 3 is 2.64 bits per heavy atom. The second-order valence-corrected chi connectivity index (χ2v) is 8.95. The van der Waals surface area contributed by atoms with E-state index in [9.17, 15) is 17.6 Å². The van der Waals surface area contributed by atoms with E-state index in [-0.39, 0.29) is 28.7 Å². The molecule has 4 rings (SSSR count). The van der Waals surface area contributed by atoms with Gasteiger partial charge in [0.25, 0.3) is 0 Å². The molecule has 1 amide bonds. The third-order valence-electron chi connectivity index (χ3n) is 5.48. The fourth-order valence-corrected chi connectivity index (χ4v) is 5.57. The zero-order valence-corrected chi connectivity index (χ0v) is 14.6. The lowest BCUT2D eigenvalue weighted by atomic mass is 9.93. The number of ether oxygens (including phenoxy) is 1. The van der Waals surface area contributed by atoms with E-state index in [4.69, 9.17) is 4.74 Å².